The van der Waals surface area contributed by atoms with Gasteiger partial charge in [-0.05, 0) is 48.9 Å². The molecule has 0 saturated carbocycles. The molecule has 0 saturated heterocycles. The number of aromatic carboxylic acids is 1. The molecule has 0 fully saturated rings. The summed E-state index contributed by atoms with van der Waals surface area (Å²) < 4.78 is 6.08. The number of aryl methyl sites for hydroxylation is 1. The van der Waals surface area contributed by atoms with Crippen molar-refractivity contribution in [2.24, 2.45) is 4.99 Å². The zero-order valence-electron chi connectivity index (χ0n) is 15.0. The van der Waals surface area contributed by atoms with E-state index in [1.807, 2.05) is 49.4 Å². The van der Waals surface area contributed by atoms with E-state index < -0.39 is 5.97 Å². The molecule has 5 heteroatoms. The maximum Gasteiger partial charge on any atom is 0.138 e. The molecule has 0 radical (unpaired) electrons. The van der Waals surface area contributed by atoms with Crippen molar-refractivity contribution in [3.8, 4) is 11.3 Å². The quantitative estimate of drug-likeness (QED) is 0.512. The molecule has 0 atom stereocenters. The molecule has 4 aromatic rings. The van der Waals surface area contributed by atoms with Crippen LogP contribution in [-0.4, -0.2) is 5.97 Å². The van der Waals surface area contributed by atoms with Crippen LogP contribution in [0.1, 0.15) is 15.9 Å². The third-order valence-corrected chi connectivity index (χ3v) is 4.72. The predicted octanol–water partition coefficient (Wildman–Crippen LogP) is 4.66. The lowest BCUT2D eigenvalue weighted by Gasteiger charge is -2.07. The molecule has 0 amide bonds. The summed E-state index contributed by atoms with van der Waals surface area (Å²) in [5.74, 6) is -0.612. The van der Waals surface area contributed by atoms with Crippen LogP contribution in [0, 0.1) is 6.92 Å². The van der Waals surface area contributed by atoms with Crippen LogP contribution in [0.4, 0.5) is 5.69 Å². The second-order valence-electron chi connectivity index (χ2n) is 6.42. The van der Waals surface area contributed by atoms with E-state index in [2.05, 4.69) is 0 Å². The minimum absolute atomic E-state index is 0.111. The fourth-order valence-electron chi connectivity index (χ4n) is 2.98. The summed E-state index contributed by atoms with van der Waals surface area (Å²) in [6.45, 7) is 2.00. The Hall–Kier alpha value is -3.37. The Labute approximate surface area is 166 Å². The van der Waals surface area contributed by atoms with E-state index in [1.54, 1.807) is 18.2 Å². The number of fused-ring (bicyclic) bond motifs is 1. The van der Waals surface area contributed by atoms with Gasteiger partial charge in [0.1, 0.15) is 11.3 Å². The van der Waals surface area contributed by atoms with Gasteiger partial charge in [-0.15, -0.1) is 0 Å². The molecule has 28 heavy (non-hydrogen) atoms. The molecular formula is C23H15ClNO3-. The summed E-state index contributed by atoms with van der Waals surface area (Å²) in [7, 11) is 0. The van der Waals surface area contributed by atoms with Crippen molar-refractivity contribution in [2.75, 3.05) is 0 Å². The van der Waals surface area contributed by atoms with E-state index in [0.29, 0.717) is 27.4 Å². The van der Waals surface area contributed by atoms with Gasteiger partial charge in [0.05, 0.1) is 22.0 Å². The van der Waals surface area contributed by atoms with Gasteiger partial charge in [-0.1, -0.05) is 47.5 Å². The van der Waals surface area contributed by atoms with Gasteiger partial charge in [-0.2, -0.15) is 0 Å². The highest BCUT2D eigenvalue weighted by atomic mass is 35.5. The Balaban J connectivity index is 1.96. The number of hydrogen-bond donors (Lipinski definition) is 0. The maximum absolute atomic E-state index is 10.9. The minimum atomic E-state index is -1.22. The summed E-state index contributed by atoms with van der Waals surface area (Å²) in [4.78, 5) is 15.7. The van der Waals surface area contributed by atoms with Crippen LogP contribution < -0.4 is 10.5 Å². The fraction of sp³-hybridized carbons (Fsp3) is 0.0435. The van der Waals surface area contributed by atoms with E-state index in [9.17, 15) is 9.90 Å². The van der Waals surface area contributed by atoms with Crippen molar-refractivity contribution in [2.45, 2.75) is 6.92 Å². The Morgan fingerprint density at radius 1 is 1.00 bits per heavy atom. The molecule has 0 aliphatic heterocycles. The van der Waals surface area contributed by atoms with Gasteiger partial charge in [-0.3, -0.25) is 0 Å². The smallest absolute Gasteiger partial charge is 0.138 e. The summed E-state index contributed by atoms with van der Waals surface area (Å²) in [5.41, 5.74) is 3.28. The molecule has 0 spiro atoms. The lowest BCUT2D eigenvalue weighted by atomic mass is 10.1. The topological polar surface area (TPSA) is 65.6 Å². The second kappa shape index (κ2) is 7.33. The SMILES string of the molecule is Cc1ccc2oc(-c3ccccc3Cl)cc(=Nc3ccc(C(=O)[O-])cc3)c2c1. The minimum Gasteiger partial charge on any atom is -0.545 e. The largest absolute Gasteiger partial charge is 0.545 e. The van der Waals surface area contributed by atoms with Crippen molar-refractivity contribution in [3.05, 3.63) is 94.3 Å². The summed E-state index contributed by atoms with van der Waals surface area (Å²) in [5, 5.41) is 13.1. The molecule has 0 N–H and O–H groups in total. The summed E-state index contributed by atoms with van der Waals surface area (Å²) in [6, 6.07) is 21.4. The van der Waals surface area contributed by atoms with Gasteiger partial charge in [0.15, 0.2) is 0 Å². The molecule has 0 bridgehead atoms. The molecule has 0 aliphatic rings. The summed E-state index contributed by atoms with van der Waals surface area (Å²) in [6.07, 6.45) is 0. The number of carboxylic acids is 1. The first-order valence-electron chi connectivity index (χ1n) is 8.67. The van der Waals surface area contributed by atoms with Crippen LogP contribution in [-0.2, 0) is 0 Å². The Bertz CT molecular complexity index is 1260. The van der Waals surface area contributed by atoms with Crippen LogP contribution in [0.5, 0.6) is 0 Å². The molecule has 0 unspecified atom stereocenters. The number of carbonyl (C=O) groups excluding carboxylic acids is 1. The number of benzene rings is 3. The molecule has 4 rings (SSSR count). The van der Waals surface area contributed by atoms with E-state index in [1.165, 1.54) is 12.1 Å². The zero-order valence-corrected chi connectivity index (χ0v) is 15.7. The van der Waals surface area contributed by atoms with Gasteiger partial charge < -0.3 is 14.3 Å². The maximum atomic E-state index is 10.9. The standard InChI is InChI=1S/C23H16ClNO3/c1-14-6-11-21-18(12-14)20(25-16-9-7-15(8-10-16)23(26)27)13-22(28-21)17-4-2-3-5-19(17)24/h2-13H,1H3,(H,26,27)/p-1. The Morgan fingerprint density at radius 3 is 2.46 bits per heavy atom. The van der Waals surface area contributed by atoms with Crippen LogP contribution >= 0.6 is 11.6 Å². The molecule has 4 nitrogen and oxygen atoms in total. The van der Waals surface area contributed by atoms with Crippen LogP contribution in [0.25, 0.3) is 22.3 Å². The lowest BCUT2D eigenvalue weighted by molar-refractivity contribution is -0.255. The highest BCUT2D eigenvalue weighted by molar-refractivity contribution is 6.33. The monoisotopic (exact) mass is 388 g/mol. The normalized spacial score (nSPS) is 11.7. The third-order valence-electron chi connectivity index (χ3n) is 4.39. The van der Waals surface area contributed by atoms with Gasteiger partial charge in [-0.25, -0.2) is 4.99 Å². The van der Waals surface area contributed by atoms with Crippen molar-refractivity contribution in [1.29, 1.82) is 0 Å². The van der Waals surface area contributed by atoms with Crippen molar-refractivity contribution in [1.82, 2.24) is 0 Å². The highest BCUT2D eigenvalue weighted by Crippen LogP contribution is 2.29. The average Bonchev–Trinajstić information content (AvgIpc) is 2.69. The number of carboxylic acid groups (broad SMARTS) is 1. The first kappa shape index (κ1) is 18.0. The first-order valence-corrected chi connectivity index (χ1v) is 9.04. The third kappa shape index (κ3) is 3.55. The lowest BCUT2D eigenvalue weighted by Crippen LogP contribution is -2.21. The van der Waals surface area contributed by atoms with Crippen LogP contribution in [0.3, 0.4) is 0 Å². The van der Waals surface area contributed by atoms with Gasteiger partial charge in [0.25, 0.3) is 0 Å². The van der Waals surface area contributed by atoms with Crippen molar-refractivity contribution >= 4 is 34.2 Å². The van der Waals surface area contributed by atoms with E-state index in [4.69, 9.17) is 21.0 Å². The van der Waals surface area contributed by atoms with Gasteiger partial charge in [0.2, 0.25) is 0 Å². The van der Waals surface area contributed by atoms with Crippen LogP contribution in [0.15, 0.2) is 82.2 Å². The Morgan fingerprint density at radius 2 is 1.75 bits per heavy atom. The van der Waals surface area contributed by atoms with Crippen LogP contribution in [0.2, 0.25) is 5.02 Å². The van der Waals surface area contributed by atoms with Gasteiger partial charge in [0, 0.05) is 17.0 Å². The number of carbonyl (C=O) groups is 1. The summed E-state index contributed by atoms with van der Waals surface area (Å²) >= 11 is 6.34. The predicted molar refractivity (Wildman–Crippen MR) is 107 cm³/mol. The molecule has 1 aromatic heterocycles. The first-order chi connectivity index (χ1) is 13.5. The second-order valence-corrected chi connectivity index (χ2v) is 6.83. The zero-order chi connectivity index (χ0) is 19.7. The molecular weight excluding hydrogens is 374 g/mol. The molecule has 0 aliphatic carbocycles. The van der Waals surface area contributed by atoms with Gasteiger partial charge >= 0.3 is 0 Å². The van der Waals surface area contributed by atoms with Crippen molar-refractivity contribution in [3.63, 3.8) is 0 Å². The number of halogens is 1. The van der Waals surface area contributed by atoms with E-state index >= 15 is 0 Å². The molecule has 138 valence electrons. The average molecular weight is 389 g/mol. The number of hydrogen-bond acceptors (Lipinski definition) is 4. The Kier molecular flexibility index (Phi) is 4.72. The molecule has 3 aromatic carbocycles. The number of rotatable bonds is 3. The number of nitrogens with zero attached hydrogens (tertiary/aromatic N) is 1. The van der Waals surface area contributed by atoms with Crippen molar-refractivity contribution < 1.29 is 14.3 Å². The molecule has 1 heterocycles. The van der Waals surface area contributed by atoms with E-state index in [0.717, 1.165) is 16.5 Å². The van der Waals surface area contributed by atoms with E-state index in [-0.39, 0.29) is 5.56 Å². The highest BCUT2D eigenvalue weighted by Gasteiger charge is 2.09. The fourth-order valence-corrected chi connectivity index (χ4v) is 3.21.